The van der Waals surface area contributed by atoms with E-state index < -0.39 is 0 Å². The zero-order valence-corrected chi connectivity index (χ0v) is 8.98. The van der Waals surface area contributed by atoms with Crippen molar-refractivity contribution in [2.75, 3.05) is 0 Å². The predicted octanol–water partition coefficient (Wildman–Crippen LogP) is 2.87. The maximum atomic E-state index is 11.4. The van der Waals surface area contributed by atoms with E-state index in [9.17, 15) is 4.79 Å². The van der Waals surface area contributed by atoms with Gasteiger partial charge in [0.1, 0.15) is 0 Å². The third-order valence-electron chi connectivity index (χ3n) is 1.66. The average Bonchev–Trinajstić information content (AvgIpc) is 2.53. The van der Waals surface area contributed by atoms with Gasteiger partial charge in [-0.1, -0.05) is 0 Å². The molecule has 0 spiro atoms. The van der Waals surface area contributed by atoms with Crippen LogP contribution >= 0.6 is 27.3 Å². The lowest BCUT2D eigenvalue weighted by Crippen LogP contribution is -2.05. The Morgan fingerprint density at radius 1 is 1.31 bits per heavy atom. The molecule has 2 nitrogen and oxygen atoms in total. The van der Waals surface area contributed by atoms with Crippen molar-refractivity contribution < 1.29 is 0 Å². The number of nitrogens with one attached hydrogen (secondary N) is 1. The Hall–Kier alpha value is -0.870. The first-order valence-corrected chi connectivity index (χ1v) is 5.32. The van der Waals surface area contributed by atoms with E-state index in [4.69, 9.17) is 0 Å². The predicted molar refractivity (Wildman–Crippen MR) is 58.1 cm³/mol. The molecule has 0 saturated carbocycles. The third kappa shape index (κ3) is 1.73. The molecule has 0 bridgehead atoms. The van der Waals surface area contributed by atoms with Gasteiger partial charge >= 0.3 is 0 Å². The highest BCUT2D eigenvalue weighted by molar-refractivity contribution is 9.11. The molecule has 2 aromatic heterocycles. The van der Waals surface area contributed by atoms with Crippen molar-refractivity contribution >= 4 is 27.3 Å². The molecule has 0 saturated heterocycles. The number of hydrogen-bond donors (Lipinski definition) is 1. The van der Waals surface area contributed by atoms with Gasteiger partial charge in [-0.15, -0.1) is 11.3 Å². The van der Waals surface area contributed by atoms with Crippen LogP contribution < -0.4 is 5.56 Å². The summed E-state index contributed by atoms with van der Waals surface area (Å²) < 4.78 is 1.03. The fourth-order valence-corrected chi connectivity index (χ4v) is 2.48. The molecule has 1 N–H and O–H groups in total. The fraction of sp³-hybridized carbons (Fsp3) is 0. The highest BCUT2D eigenvalue weighted by Gasteiger charge is 2.03. The summed E-state index contributed by atoms with van der Waals surface area (Å²) in [6.45, 7) is 0. The van der Waals surface area contributed by atoms with Gasteiger partial charge in [0.15, 0.2) is 0 Å². The summed E-state index contributed by atoms with van der Waals surface area (Å²) in [5.41, 5.74) is 0.676. The Kier molecular flexibility index (Phi) is 2.33. The van der Waals surface area contributed by atoms with Crippen LogP contribution in [0.1, 0.15) is 0 Å². The molecule has 0 aliphatic rings. The molecule has 0 aromatic carbocycles. The topological polar surface area (TPSA) is 32.9 Å². The number of pyridine rings is 1. The van der Waals surface area contributed by atoms with Gasteiger partial charge in [0.25, 0.3) is 5.56 Å². The second-order valence-electron chi connectivity index (χ2n) is 2.52. The van der Waals surface area contributed by atoms with Gasteiger partial charge in [-0.25, -0.2) is 0 Å². The quantitative estimate of drug-likeness (QED) is 0.836. The summed E-state index contributed by atoms with van der Waals surface area (Å²) in [6.07, 6.45) is 1.63. The van der Waals surface area contributed by atoms with Crippen molar-refractivity contribution in [1.82, 2.24) is 4.98 Å². The number of rotatable bonds is 1. The summed E-state index contributed by atoms with van der Waals surface area (Å²) in [5, 5.41) is 0. The first-order chi connectivity index (χ1) is 6.27. The van der Waals surface area contributed by atoms with E-state index in [2.05, 4.69) is 20.9 Å². The molecule has 4 heteroatoms. The van der Waals surface area contributed by atoms with E-state index in [1.807, 2.05) is 24.3 Å². The molecule has 2 rings (SSSR count). The number of thiophene rings is 1. The maximum Gasteiger partial charge on any atom is 0.256 e. The number of halogens is 1. The van der Waals surface area contributed by atoms with E-state index in [-0.39, 0.29) is 5.56 Å². The van der Waals surface area contributed by atoms with Crippen LogP contribution in [-0.4, -0.2) is 4.98 Å². The van der Waals surface area contributed by atoms with E-state index >= 15 is 0 Å². The third-order valence-corrected chi connectivity index (χ3v) is 3.31. The zero-order valence-electron chi connectivity index (χ0n) is 6.58. The summed E-state index contributed by atoms with van der Waals surface area (Å²) in [4.78, 5) is 15.0. The average molecular weight is 256 g/mol. The Labute approximate surface area is 87.4 Å². The molecule has 0 radical (unpaired) electrons. The summed E-state index contributed by atoms with van der Waals surface area (Å²) >= 11 is 4.91. The van der Waals surface area contributed by atoms with Crippen molar-refractivity contribution in [3.8, 4) is 10.4 Å². The van der Waals surface area contributed by atoms with E-state index in [1.54, 1.807) is 17.5 Å². The van der Waals surface area contributed by atoms with Gasteiger partial charge in [0.2, 0.25) is 0 Å². The highest BCUT2D eigenvalue weighted by atomic mass is 79.9. The maximum absolute atomic E-state index is 11.4. The summed E-state index contributed by atoms with van der Waals surface area (Å²) in [6, 6.07) is 7.51. The van der Waals surface area contributed by atoms with Crippen LogP contribution in [0.3, 0.4) is 0 Å². The lowest BCUT2D eigenvalue weighted by molar-refractivity contribution is 1.25. The van der Waals surface area contributed by atoms with Crippen molar-refractivity contribution in [3.63, 3.8) is 0 Å². The Morgan fingerprint density at radius 3 is 2.77 bits per heavy atom. The minimum absolute atomic E-state index is 0.0446. The van der Waals surface area contributed by atoms with Gasteiger partial charge in [0, 0.05) is 11.1 Å². The minimum atomic E-state index is -0.0446. The van der Waals surface area contributed by atoms with Gasteiger partial charge in [-0.05, 0) is 40.2 Å². The van der Waals surface area contributed by atoms with Crippen molar-refractivity contribution in [2.24, 2.45) is 0 Å². The standard InChI is InChI=1S/C9H6BrNOS/c10-8-4-3-7(13-8)6-2-1-5-11-9(6)12/h1-5H,(H,11,12). The molecule has 13 heavy (non-hydrogen) atoms. The molecule has 0 atom stereocenters. The van der Waals surface area contributed by atoms with E-state index in [1.165, 1.54) is 0 Å². The summed E-state index contributed by atoms with van der Waals surface area (Å²) in [5.74, 6) is 0. The lowest BCUT2D eigenvalue weighted by atomic mass is 10.2. The first-order valence-electron chi connectivity index (χ1n) is 3.71. The van der Waals surface area contributed by atoms with E-state index in [0.29, 0.717) is 0 Å². The first kappa shape index (κ1) is 8.72. The van der Waals surface area contributed by atoms with Gasteiger partial charge in [-0.2, -0.15) is 0 Å². The van der Waals surface area contributed by atoms with Crippen LogP contribution in [0.15, 0.2) is 39.0 Å². The molecule has 0 fully saturated rings. The number of aromatic amines is 1. The highest BCUT2D eigenvalue weighted by Crippen LogP contribution is 2.28. The Bertz CT molecular complexity index is 474. The van der Waals surface area contributed by atoms with Crippen molar-refractivity contribution in [3.05, 3.63) is 44.6 Å². The second kappa shape index (κ2) is 3.47. The largest absolute Gasteiger partial charge is 0.329 e. The Balaban J connectivity index is 2.59. The fourth-order valence-electron chi connectivity index (χ4n) is 1.07. The molecule has 0 unspecified atom stereocenters. The lowest BCUT2D eigenvalue weighted by Gasteiger charge is -1.92. The molecule has 2 heterocycles. The van der Waals surface area contributed by atoms with Crippen LogP contribution in [0, 0.1) is 0 Å². The van der Waals surface area contributed by atoms with Crippen LogP contribution in [0.5, 0.6) is 0 Å². The number of hydrogen-bond acceptors (Lipinski definition) is 2. The molecule has 0 aliphatic heterocycles. The molecule has 2 aromatic rings. The monoisotopic (exact) mass is 255 g/mol. The molecular formula is C9H6BrNOS. The SMILES string of the molecule is O=c1[nH]cccc1-c1ccc(Br)s1. The minimum Gasteiger partial charge on any atom is -0.329 e. The second-order valence-corrected chi connectivity index (χ2v) is 4.98. The molecule has 0 aliphatic carbocycles. The van der Waals surface area contributed by atoms with Crippen LogP contribution in [0.25, 0.3) is 10.4 Å². The molecular weight excluding hydrogens is 250 g/mol. The van der Waals surface area contributed by atoms with Gasteiger partial charge < -0.3 is 4.98 Å². The van der Waals surface area contributed by atoms with Gasteiger partial charge in [0.05, 0.1) is 9.35 Å². The normalized spacial score (nSPS) is 10.2. The van der Waals surface area contributed by atoms with Crippen LogP contribution in [0.2, 0.25) is 0 Å². The summed E-state index contributed by atoms with van der Waals surface area (Å²) in [7, 11) is 0. The van der Waals surface area contributed by atoms with Crippen molar-refractivity contribution in [1.29, 1.82) is 0 Å². The molecule has 0 amide bonds. The zero-order chi connectivity index (χ0) is 9.26. The van der Waals surface area contributed by atoms with Crippen molar-refractivity contribution in [2.45, 2.75) is 0 Å². The smallest absolute Gasteiger partial charge is 0.256 e. The number of aromatic nitrogens is 1. The van der Waals surface area contributed by atoms with Gasteiger partial charge in [-0.3, -0.25) is 4.79 Å². The Morgan fingerprint density at radius 2 is 2.15 bits per heavy atom. The van der Waals surface area contributed by atoms with Crippen LogP contribution in [-0.2, 0) is 0 Å². The number of H-pyrrole nitrogens is 1. The van der Waals surface area contributed by atoms with Crippen LogP contribution in [0.4, 0.5) is 0 Å². The molecule has 66 valence electrons. The van der Waals surface area contributed by atoms with E-state index in [0.717, 1.165) is 14.2 Å².